The fourth-order valence-electron chi connectivity index (χ4n) is 1.35. The second-order valence-corrected chi connectivity index (χ2v) is 3.60. The summed E-state index contributed by atoms with van der Waals surface area (Å²) in [5.74, 6) is 1.59. The van der Waals surface area contributed by atoms with Gasteiger partial charge in [0.1, 0.15) is 12.1 Å². The summed E-state index contributed by atoms with van der Waals surface area (Å²) in [6, 6.07) is 0. The Kier molecular flexibility index (Phi) is 3.26. The molecule has 2 rings (SSSR count). The van der Waals surface area contributed by atoms with Crippen molar-refractivity contribution in [1.82, 2.24) is 20.3 Å². The molecule has 0 spiro atoms. The molecule has 2 heterocycles. The van der Waals surface area contributed by atoms with Gasteiger partial charge in [-0.1, -0.05) is 0 Å². The standard InChI is InChI=1S/C11H14N4O/c1-8-9(2)16-11(15-8)6-12-3-10-4-13-7-14-5-10/h4-5,7,12H,3,6H2,1-2H3. The first-order chi connectivity index (χ1) is 7.75. The summed E-state index contributed by atoms with van der Waals surface area (Å²) in [5.41, 5.74) is 1.99. The second-order valence-electron chi connectivity index (χ2n) is 3.60. The molecule has 0 unspecified atom stereocenters. The summed E-state index contributed by atoms with van der Waals surface area (Å²) in [4.78, 5) is 12.2. The van der Waals surface area contributed by atoms with E-state index in [1.807, 2.05) is 13.8 Å². The zero-order chi connectivity index (χ0) is 11.4. The van der Waals surface area contributed by atoms with E-state index in [1.165, 1.54) is 6.33 Å². The predicted molar refractivity (Wildman–Crippen MR) is 58.6 cm³/mol. The molecular weight excluding hydrogens is 204 g/mol. The third-order valence-electron chi connectivity index (χ3n) is 2.29. The molecule has 2 aromatic heterocycles. The van der Waals surface area contributed by atoms with Crippen LogP contribution in [0.15, 0.2) is 23.1 Å². The van der Waals surface area contributed by atoms with E-state index < -0.39 is 0 Å². The summed E-state index contributed by atoms with van der Waals surface area (Å²) in [6.07, 6.45) is 5.09. The molecule has 16 heavy (non-hydrogen) atoms. The molecule has 0 atom stereocenters. The SMILES string of the molecule is Cc1nc(CNCc2cncnc2)oc1C. The van der Waals surface area contributed by atoms with E-state index in [2.05, 4.69) is 20.3 Å². The quantitative estimate of drug-likeness (QED) is 0.839. The normalized spacial score (nSPS) is 10.6. The number of aromatic nitrogens is 3. The van der Waals surface area contributed by atoms with Gasteiger partial charge in [-0.2, -0.15) is 0 Å². The number of rotatable bonds is 4. The van der Waals surface area contributed by atoms with Gasteiger partial charge in [0.25, 0.3) is 0 Å². The highest BCUT2D eigenvalue weighted by atomic mass is 16.4. The molecule has 2 aromatic rings. The van der Waals surface area contributed by atoms with Crippen molar-refractivity contribution in [2.75, 3.05) is 0 Å². The van der Waals surface area contributed by atoms with Crippen LogP contribution in [0, 0.1) is 13.8 Å². The largest absolute Gasteiger partial charge is 0.444 e. The van der Waals surface area contributed by atoms with Crippen LogP contribution in [0.5, 0.6) is 0 Å². The molecule has 5 nitrogen and oxygen atoms in total. The van der Waals surface area contributed by atoms with Crippen molar-refractivity contribution in [3.8, 4) is 0 Å². The van der Waals surface area contributed by atoms with Gasteiger partial charge in [-0.3, -0.25) is 0 Å². The molecule has 0 radical (unpaired) electrons. The highest BCUT2D eigenvalue weighted by Gasteiger charge is 2.04. The number of hydrogen-bond donors (Lipinski definition) is 1. The Morgan fingerprint density at radius 2 is 1.94 bits per heavy atom. The van der Waals surface area contributed by atoms with Crippen molar-refractivity contribution in [2.24, 2.45) is 0 Å². The Hall–Kier alpha value is -1.75. The van der Waals surface area contributed by atoms with Gasteiger partial charge in [-0.05, 0) is 13.8 Å². The number of nitrogens with zero attached hydrogens (tertiary/aromatic N) is 3. The van der Waals surface area contributed by atoms with Gasteiger partial charge in [0.15, 0.2) is 0 Å². The van der Waals surface area contributed by atoms with Crippen LogP contribution in [0.2, 0.25) is 0 Å². The first-order valence-electron chi connectivity index (χ1n) is 5.13. The monoisotopic (exact) mass is 218 g/mol. The van der Waals surface area contributed by atoms with Crippen molar-refractivity contribution in [3.05, 3.63) is 41.6 Å². The van der Waals surface area contributed by atoms with Crippen LogP contribution in [-0.4, -0.2) is 15.0 Å². The Balaban J connectivity index is 1.84. The van der Waals surface area contributed by atoms with Crippen LogP contribution < -0.4 is 5.32 Å². The van der Waals surface area contributed by atoms with Gasteiger partial charge in [-0.15, -0.1) is 0 Å². The van der Waals surface area contributed by atoms with E-state index in [4.69, 9.17) is 4.42 Å². The first kappa shape index (κ1) is 10.8. The summed E-state index contributed by atoms with van der Waals surface area (Å²) in [6.45, 7) is 5.18. The maximum Gasteiger partial charge on any atom is 0.208 e. The van der Waals surface area contributed by atoms with Gasteiger partial charge >= 0.3 is 0 Å². The molecule has 0 aromatic carbocycles. The second kappa shape index (κ2) is 4.85. The highest BCUT2D eigenvalue weighted by Crippen LogP contribution is 2.07. The van der Waals surface area contributed by atoms with Crippen molar-refractivity contribution < 1.29 is 4.42 Å². The Labute approximate surface area is 94.0 Å². The lowest BCUT2D eigenvalue weighted by molar-refractivity contribution is 0.448. The van der Waals surface area contributed by atoms with Crippen molar-refractivity contribution >= 4 is 0 Å². The van der Waals surface area contributed by atoms with Crippen molar-refractivity contribution in [2.45, 2.75) is 26.9 Å². The molecule has 5 heteroatoms. The molecule has 0 saturated carbocycles. The zero-order valence-electron chi connectivity index (χ0n) is 9.40. The van der Waals surface area contributed by atoms with Gasteiger partial charge < -0.3 is 9.73 Å². The topological polar surface area (TPSA) is 63.8 Å². The van der Waals surface area contributed by atoms with Gasteiger partial charge in [-0.25, -0.2) is 15.0 Å². The number of aryl methyl sites for hydroxylation is 2. The fourth-order valence-corrected chi connectivity index (χ4v) is 1.35. The molecule has 0 saturated heterocycles. The highest BCUT2D eigenvalue weighted by molar-refractivity contribution is 5.05. The first-order valence-corrected chi connectivity index (χ1v) is 5.13. The van der Waals surface area contributed by atoms with E-state index in [0.29, 0.717) is 19.0 Å². The smallest absolute Gasteiger partial charge is 0.208 e. The molecule has 0 aliphatic carbocycles. The third kappa shape index (κ3) is 2.64. The molecule has 0 bridgehead atoms. The van der Waals surface area contributed by atoms with Gasteiger partial charge in [0, 0.05) is 24.5 Å². The van der Waals surface area contributed by atoms with E-state index in [-0.39, 0.29) is 0 Å². The maximum atomic E-state index is 5.45. The third-order valence-corrected chi connectivity index (χ3v) is 2.29. The molecular formula is C11H14N4O. The van der Waals surface area contributed by atoms with Crippen LogP contribution in [0.25, 0.3) is 0 Å². The Bertz CT molecular complexity index is 433. The van der Waals surface area contributed by atoms with Gasteiger partial charge in [0.2, 0.25) is 5.89 Å². The van der Waals surface area contributed by atoms with E-state index in [9.17, 15) is 0 Å². The molecule has 0 aliphatic rings. The van der Waals surface area contributed by atoms with Crippen molar-refractivity contribution in [1.29, 1.82) is 0 Å². The average molecular weight is 218 g/mol. The number of nitrogens with one attached hydrogen (secondary N) is 1. The Morgan fingerprint density at radius 1 is 1.19 bits per heavy atom. The van der Waals surface area contributed by atoms with Crippen LogP contribution in [0.3, 0.4) is 0 Å². The van der Waals surface area contributed by atoms with Gasteiger partial charge in [0.05, 0.1) is 12.2 Å². The predicted octanol–water partition coefficient (Wildman–Crippen LogP) is 1.37. The fraction of sp³-hybridized carbons (Fsp3) is 0.364. The van der Waals surface area contributed by atoms with Crippen LogP contribution in [-0.2, 0) is 13.1 Å². The number of oxazole rings is 1. The summed E-state index contributed by atoms with van der Waals surface area (Å²) >= 11 is 0. The maximum absolute atomic E-state index is 5.45. The summed E-state index contributed by atoms with van der Waals surface area (Å²) < 4.78 is 5.45. The molecule has 0 fully saturated rings. The van der Waals surface area contributed by atoms with Crippen molar-refractivity contribution in [3.63, 3.8) is 0 Å². The van der Waals surface area contributed by atoms with E-state index in [0.717, 1.165) is 17.0 Å². The molecule has 84 valence electrons. The van der Waals surface area contributed by atoms with Crippen LogP contribution in [0.1, 0.15) is 22.9 Å². The van der Waals surface area contributed by atoms with E-state index >= 15 is 0 Å². The minimum absolute atomic E-state index is 0.615. The minimum Gasteiger partial charge on any atom is -0.444 e. The lowest BCUT2D eigenvalue weighted by Gasteiger charge is -2.00. The number of hydrogen-bond acceptors (Lipinski definition) is 5. The lowest BCUT2D eigenvalue weighted by atomic mass is 10.3. The molecule has 0 amide bonds. The molecule has 1 N–H and O–H groups in total. The lowest BCUT2D eigenvalue weighted by Crippen LogP contribution is -2.13. The minimum atomic E-state index is 0.615. The summed E-state index contributed by atoms with van der Waals surface area (Å²) in [5, 5.41) is 3.22. The average Bonchev–Trinajstić information content (AvgIpc) is 2.60. The zero-order valence-corrected chi connectivity index (χ0v) is 9.40. The van der Waals surface area contributed by atoms with Crippen LogP contribution in [0.4, 0.5) is 0 Å². The summed E-state index contributed by atoms with van der Waals surface area (Å²) in [7, 11) is 0. The Morgan fingerprint density at radius 3 is 2.56 bits per heavy atom. The van der Waals surface area contributed by atoms with Crippen LogP contribution >= 0.6 is 0 Å². The van der Waals surface area contributed by atoms with E-state index in [1.54, 1.807) is 12.4 Å². The molecule has 0 aliphatic heterocycles.